The van der Waals surface area contributed by atoms with Gasteiger partial charge in [0.1, 0.15) is 12.0 Å². The van der Waals surface area contributed by atoms with E-state index in [1.165, 1.54) is 24.4 Å². The van der Waals surface area contributed by atoms with E-state index in [2.05, 4.69) is 46.8 Å². The topological polar surface area (TPSA) is 102 Å². The van der Waals surface area contributed by atoms with Gasteiger partial charge in [-0.1, -0.05) is 12.1 Å². The molecule has 1 aromatic heterocycles. The van der Waals surface area contributed by atoms with Crippen LogP contribution < -0.4 is 10.8 Å². The average molecular weight is 386 g/mol. The van der Waals surface area contributed by atoms with Crippen LogP contribution in [0.3, 0.4) is 0 Å². The maximum absolute atomic E-state index is 13.1. The highest BCUT2D eigenvalue weighted by Gasteiger charge is 2.11. The number of carbonyl (C=O) groups excluding carboxylic acids is 1. The van der Waals surface area contributed by atoms with Crippen LogP contribution in [-0.2, 0) is 9.73 Å². The van der Waals surface area contributed by atoms with Crippen molar-refractivity contribution < 1.29 is 18.8 Å². The van der Waals surface area contributed by atoms with Crippen LogP contribution in [0.4, 0.5) is 15.9 Å². The van der Waals surface area contributed by atoms with Crippen molar-refractivity contribution >= 4 is 39.6 Å². The van der Waals surface area contributed by atoms with Crippen molar-refractivity contribution in [3.63, 3.8) is 0 Å². The molecule has 0 spiro atoms. The zero-order chi connectivity index (χ0) is 16.7. The first-order valence-electron chi connectivity index (χ1n) is 6.63. The van der Waals surface area contributed by atoms with Crippen LogP contribution in [-0.4, -0.2) is 22.4 Å². The number of nitrogens with one attached hydrogen (secondary N) is 2. The third-order valence-corrected chi connectivity index (χ3v) is 3.17. The van der Waals surface area contributed by atoms with Crippen LogP contribution >= 0.6 is 15.9 Å². The normalized spacial score (nSPS) is 10.7. The summed E-state index contributed by atoms with van der Waals surface area (Å²) in [6.07, 6.45) is 2.28. The maximum Gasteiger partial charge on any atom is 0.225 e. The number of rotatable bonds is 7. The van der Waals surface area contributed by atoms with Crippen molar-refractivity contribution in [2.24, 2.45) is 5.16 Å². The van der Waals surface area contributed by atoms with E-state index >= 15 is 0 Å². The predicted molar refractivity (Wildman–Crippen MR) is 84.2 cm³/mol. The van der Waals surface area contributed by atoms with Crippen molar-refractivity contribution in [1.29, 1.82) is 0 Å². The number of benzene rings is 1. The second kappa shape index (κ2) is 8.22. The molecule has 10 heteroatoms. The lowest BCUT2D eigenvalue weighted by atomic mass is 10.3. The lowest BCUT2D eigenvalue weighted by Crippen LogP contribution is -2.12. The summed E-state index contributed by atoms with van der Waals surface area (Å²) in [5.74, 6) is -0.437. The summed E-state index contributed by atoms with van der Waals surface area (Å²) in [7, 11) is 0. The first-order chi connectivity index (χ1) is 11.1. The molecule has 2 rings (SSSR count). The zero-order valence-electron chi connectivity index (χ0n) is 12.0. The van der Waals surface area contributed by atoms with Gasteiger partial charge in [0.15, 0.2) is 5.69 Å². The molecule has 0 fully saturated rings. The summed E-state index contributed by atoms with van der Waals surface area (Å²) in [5.41, 5.74) is 3.19. The smallest absolute Gasteiger partial charge is 0.225 e. The van der Waals surface area contributed by atoms with E-state index in [-0.39, 0.29) is 27.7 Å². The SMILES string of the molecule is CCCC(=O)Nc1nonc1/C=N/ONc1ccc(F)c(Br)c1. The third kappa shape index (κ3) is 5.02. The molecule has 0 radical (unpaired) electrons. The minimum atomic E-state index is -0.389. The average Bonchev–Trinajstić information content (AvgIpc) is 2.94. The Balaban J connectivity index is 1.89. The van der Waals surface area contributed by atoms with E-state index in [0.29, 0.717) is 18.5 Å². The minimum Gasteiger partial charge on any atom is -0.306 e. The number of amides is 1. The number of carbonyl (C=O) groups is 1. The number of oxime groups is 1. The molecular weight excluding hydrogens is 373 g/mol. The lowest BCUT2D eigenvalue weighted by Gasteiger charge is -2.03. The summed E-state index contributed by atoms with van der Waals surface area (Å²) in [6, 6.07) is 4.23. The number of halogens is 2. The van der Waals surface area contributed by atoms with Crippen LogP contribution in [0.2, 0.25) is 0 Å². The number of anilines is 2. The van der Waals surface area contributed by atoms with Crippen molar-refractivity contribution in [3.8, 4) is 0 Å². The fraction of sp³-hybridized carbons (Fsp3) is 0.231. The van der Waals surface area contributed by atoms with Crippen molar-refractivity contribution in [1.82, 2.24) is 10.3 Å². The van der Waals surface area contributed by atoms with Gasteiger partial charge in [-0.3, -0.25) is 9.73 Å². The van der Waals surface area contributed by atoms with Crippen LogP contribution in [0, 0.1) is 5.82 Å². The molecule has 0 unspecified atom stereocenters. The molecule has 0 bridgehead atoms. The molecule has 0 aliphatic rings. The van der Waals surface area contributed by atoms with E-state index in [1.807, 2.05) is 6.92 Å². The van der Waals surface area contributed by atoms with Gasteiger partial charge in [-0.25, -0.2) is 9.02 Å². The van der Waals surface area contributed by atoms with Gasteiger partial charge in [0.2, 0.25) is 11.7 Å². The Morgan fingerprint density at radius 1 is 1.52 bits per heavy atom. The Kier molecular flexibility index (Phi) is 6.03. The van der Waals surface area contributed by atoms with E-state index in [1.54, 1.807) is 0 Å². The summed E-state index contributed by atoms with van der Waals surface area (Å²) in [6.45, 7) is 1.89. The van der Waals surface area contributed by atoms with Crippen LogP contribution in [0.15, 0.2) is 32.5 Å². The Hall–Kier alpha value is -2.49. The van der Waals surface area contributed by atoms with Crippen LogP contribution in [0.1, 0.15) is 25.5 Å². The van der Waals surface area contributed by atoms with E-state index < -0.39 is 0 Å². The van der Waals surface area contributed by atoms with Gasteiger partial charge in [0, 0.05) is 6.42 Å². The second-order valence-corrected chi connectivity index (χ2v) is 5.21. The predicted octanol–water partition coefficient (Wildman–Crippen LogP) is 3.09. The van der Waals surface area contributed by atoms with Gasteiger partial charge < -0.3 is 5.32 Å². The van der Waals surface area contributed by atoms with Gasteiger partial charge in [0.05, 0.1) is 10.2 Å². The van der Waals surface area contributed by atoms with Crippen molar-refractivity contribution in [2.75, 3.05) is 10.8 Å². The number of hydrogen-bond acceptors (Lipinski definition) is 7. The molecule has 0 aliphatic heterocycles. The fourth-order valence-electron chi connectivity index (χ4n) is 1.50. The highest BCUT2D eigenvalue weighted by atomic mass is 79.9. The molecular formula is C13H13BrFN5O3. The molecule has 2 aromatic rings. The molecule has 2 N–H and O–H groups in total. The maximum atomic E-state index is 13.1. The Morgan fingerprint density at radius 2 is 2.35 bits per heavy atom. The molecule has 1 heterocycles. The Bertz CT molecular complexity index is 707. The number of nitrogens with zero attached hydrogens (tertiary/aromatic N) is 3. The summed E-state index contributed by atoms with van der Waals surface area (Å²) >= 11 is 3.05. The van der Waals surface area contributed by atoms with Crippen molar-refractivity contribution in [2.45, 2.75) is 19.8 Å². The molecule has 1 aromatic carbocycles. The van der Waals surface area contributed by atoms with E-state index in [4.69, 9.17) is 4.94 Å². The monoisotopic (exact) mass is 385 g/mol. The molecule has 0 saturated heterocycles. The fourth-order valence-corrected chi connectivity index (χ4v) is 1.88. The molecule has 0 aliphatic carbocycles. The van der Waals surface area contributed by atoms with Gasteiger partial charge in [-0.05, 0) is 50.9 Å². The Labute approximate surface area is 139 Å². The molecule has 122 valence electrons. The third-order valence-electron chi connectivity index (χ3n) is 2.56. The minimum absolute atomic E-state index is 0.153. The summed E-state index contributed by atoms with van der Waals surface area (Å²) in [4.78, 5) is 16.3. The highest BCUT2D eigenvalue weighted by molar-refractivity contribution is 9.10. The van der Waals surface area contributed by atoms with Gasteiger partial charge in [0.25, 0.3) is 0 Å². The quantitative estimate of drug-likeness (QED) is 0.560. The van der Waals surface area contributed by atoms with Gasteiger partial charge in [-0.15, -0.1) is 0 Å². The van der Waals surface area contributed by atoms with Crippen LogP contribution in [0.25, 0.3) is 0 Å². The van der Waals surface area contributed by atoms with Gasteiger partial charge >= 0.3 is 0 Å². The molecule has 23 heavy (non-hydrogen) atoms. The number of hydrogen-bond donors (Lipinski definition) is 2. The highest BCUT2D eigenvalue weighted by Crippen LogP contribution is 2.19. The second-order valence-electron chi connectivity index (χ2n) is 4.35. The summed E-state index contributed by atoms with van der Waals surface area (Å²) < 4.78 is 17.9. The van der Waals surface area contributed by atoms with Crippen molar-refractivity contribution in [3.05, 3.63) is 34.2 Å². The summed E-state index contributed by atoms with van der Waals surface area (Å²) in [5, 5.41) is 13.3. The van der Waals surface area contributed by atoms with Crippen LogP contribution in [0.5, 0.6) is 0 Å². The molecule has 0 atom stereocenters. The number of aromatic nitrogens is 2. The first-order valence-corrected chi connectivity index (χ1v) is 7.42. The molecule has 8 nitrogen and oxygen atoms in total. The Morgan fingerprint density at radius 3 is 3.09 bits per heavy atom. The zero-order valence-corrected chi connectivity index (χ0v) is 13.6. The molecule has 1 amide bonds. The first kappa shape index (κ1) is 16.9. The standard InChI is InChI=1S/C13H13BrFN5O3/c1-2-3-12(21)17-13-11(19-23-20-13)7-16-22-18-8-4-5-10(15)9(14)6-8/h4-7,18H,2-3H2,1H3,(H,17,20,21)/b16-7+. The lowest BCUT2D eigenvalue weighted by molar-refractivity contribution is -0.116. The van der Waals surface area contributed by atoms with E-state index in [0.717, 1.165) is 0 Å². The molecule has 0 saturated carbocycles. The largest absolute Gasteiger partial charge is 0.306 e. The van der Waals surface area contributed by atoms with E-state index in [9.17, 15) is 9.18 Å². The van der Waals surface area contributed by atoms with Gasteiger partial charge in [-0.2, -0.15) is 5.48 Å².